The highest BCUT2D eigenvalue weighted by Gasteiger charge is 2.39. The first-order chi connectivity index (χ1) is 10.9. The number of aliphatic hydroxyl groups excluding tert-OH is 1. The second-order valence-electron chi connectivity index (χ2n) is 6.61. The highest BCUT2D eigenvalue weighted by molar-refractivity contribution is 5.36. The molecule has 2 aliphatic rings. The standard InChI is InChI=1S/C16H22F3N3O/c1-10-9-14(16(17,18)19)21-15(20-10)22-8-4-6-12(22)11-5-2-3-7-13(11)23/h9,11-13,23H,2-8H2,1H3/t11-,12-,13+/m1/s1. The van der Waals surface area contributed by atoms with Gasteiger partial charge < -0.3 is 10.0 Å². The Kier molecular flexibility index (Phi) is 4.49. The molecule has 128 valence electrons. The maximum absolute atomic E-state index is 13.0. The van der Waals surface area contributed by atoms with E-state index in [1.807, 2.05) is 4.90 Å². The van der Waals surface area contributed by atoms with Crippen LogP contribution >= 0.6 is 0 Å². The Morgan fingerprint density at radius 2 is 1.87 bits per heavy atom. The minimum absolute atomic E-state index is 0.0354. The summed E-state index contributed by atoms with van der Waals surface area (Å²) in [6.07, 6.45) is 0.700. The van der Waals surface area contributed by atoms with Crippen molar-refractivity contribution < 1.29 is 18.3 Å². The molecule has 3 rings (SSSR count). The van der Waals surface area contributed by atoms with Gasteiger partial charge in [-0.3, -0.25) is 0 Å². The molecule has 0 amide bonds. The van der Waals surface area contributed by atoms with E-state index in [1.54, 1.807) is 6.92 Å². The maximum atomic E-state index is 13.0. The number of hydrogen-bond acceptors (Lipinski definition) is 4. The summed E-state index contributed by atoms with van der Waals surface area (Å²) in [7, 11) is 0. The van der Waals surface area contributed by atoms with Gasteiger partial charge in [-0.15, -0.1) is 0 Å². The van der Waals surface area contributed by atoms with E-state index in [2.05, 4.69) is 9.97 Å². The van der Waals surface area contributed by atoms with Crippen molar-refractivity contribution >= 4 is 5.95 Å². The second kappa shape index (κ2) is 6.26. The topological polar surface area (TPSA) is 49.2 Å². The molecule has 0 radical (unpaired) electrons. The SMILES string of the molecule is Cc1cc(C(F)(F)F)nc(N2CCC[C@@H]2[C@H]2CCCC[C@@H]2O)n1. The molecule has 0 aromatic carbocycles. The molecular formula is C16H22F3N3O. The van der Waals surface area contributed by atoms with Gasteiger partial charge >= 0.3 is 6.18 Å². The minimum atomic E-state index is -4.47. The van der Waals surface area contributed by atoms with Gasteiger partial charge in [0.05, 0.1) is 6.10 Å². The van der Waals surface area contributed by atoms with Crippen LogP contribution in [-0.4, -0.2) is 33.8 Å². The summed E-state index contributed by atoms with van der Waals surface area (Å²) in [6.45, 7) is 2.20. The molecule has 1 aliphatic carbocycles. The predicted molar refractivity (Wildman–Crippen MR) is 80.1 cm³/mol. The molecule has 1 saturated heterocycles. The fourth-order valence-corrected chi connectivity index (χ4v) is 3.90. The lowest BCUT2D eigenvalue weighted by Crippen LogP contribution is -2.43. The Hall–Kier alpha value is -1.37. The van der Waals surface area contributed by atoms with E-state index < -0.39 is 11.9 Å². The zero-order chi connectivity index (χ0) is 16.6. The van der Waals surface area contributed by atoms with Crippen molar-refractivity contribution in [2.75, 3.05) is 11.4 Å². The van der Waals surface area contributed by atoms with E-state index in [4.69, 9.17) is 0 Å². The van der Waals surface area contributed by atoms with Crippen molar-refractivity contribution in [3.63, 3.8) is 0 Å². The van der Waals surface area contributed by atoms with Crippen molar-refractivity contribution in [1.29, 1.82) is 0 Å². The zero-order valence-electron chi connectivity index (χ0n) is 13.2. The molecule has 23 heavy (non-hydrogen) atoms. The van der Waals surface area contributed by atoms with Crippen LogP contribution in [0.25, 0.3) is 0 Å². The van der Waals surface area contributed by atoms with Crippen LogP contribution in [0.2, 0.25) is 0 Å². The number of aliphatic hydroxyl groups is 1. The fourth-order valence-electron chi connectivity index (χ4n) is 3.90. The van der Waals surface area contributed by atoms with Crippen molar-refractivity contribution in [3.8, 4) is 0 Å². The predicted octanol–water partition coefficient (Wildman–Crippen LogP) is 3.32. The van der Waals surface area contributed by atoms with Crippen LogP contribution in [0.4, 0.5) is 19.1 Å². The molecule has 0 spiro atoms. The number of aryl methyl sites for hydroxylation is 1. The summed E-state index contributed by atoms with van der Waals surface area (Å²) in [5.74, 6) is 0.252. The van der Waals surface area contributed by atoms with Crippen molar-refractivity contribution in [1.82, 2.24) is 9.97 Å². The summed E-state index contributed by atoms with van der Waals surface area (Å²) in [5.41, 5.74) is -0.577. The van der Waals surface area contributed by atoms with Gasteiger partial charge in [-0.25, -0.2) is 9.97 Å². The summed E-state index contributed by atoms with van der Waals surface area (Å²) in [4.78, 5) is 9.87. The Bertz CT molecular complexity index is 564. The van der Waals surface area contributed by atoms with Crippen LogP contribution in [0.1, 0.15) is 49.9 Å². The lowest BCUT2D eigenvalue weighted by molar-refractivity contribution is -0.141. The third-order valence-electron chi connectivity index (χ3n) is 4.96. The quantitative estimate of drug-likeness (QED) is 0.904. The van der Waals surface area contributed by atoms with E-state index in [1.165, 1.54) is 0 Å². The molecule has 1 N–H and O–H groups in total. The average molecular weight is 329 g/mol. The molecule has 1 aliphatic heterocycles. The first kappa shape index (κ1) is 16.5. The minimum Gasteiger partial charge on any atom is -0.393 e. The van der Waals surface area contributed by atoms with Gasteiger partial charge in [0, 0.05) is 24.2 Å². The number of nitrogens with zero attached hydrogens (tertiary/aromatic N) is 3. The highest BCUT2D eigenvalue weighted by Crippen LogP contribution is 2.37. The van der Waals surface area contributed by atoms with Gasteiger partial charge in [-0.1, -0.05) is 12.8 Å². The van der Waals surface area contributed by atoms with Crippen LogP contribution < -0.4 is 4.90 Å². The van der Waals surface area contributed by atoms with E-state index in [9.17, 15) is 18.3 Å². The summed E-state index contributed by atoms with van der Waals surface area (Å²) in [6, 6.07) is 1.01. The van der Waals surface area contributed by atoms with Crippen molar-refractivity contribution in [3.05, 3.63) is 17.5 Å². The van der Waals surface area contributed by atoms with E-state index in [0.717, 1.165) is 44.6 Å². The molecule has 0 bridgehead atoms. The number of anilines is 1. The lowest BCUT2D eigenvalue weighted by Gasteiger charge is -2.37. The summed E-state index contributed by atoms with van der Waals surface area (Å²) >= 11 is 0. The highest BCUT2D eigenvalue weighted by atomic mass is 19.4. The first-order valence-corrected chi connectivity index (χ1v) is 8.24. The second-order valence-corrected chi connectivity index (χ2v) is 6.61. The Labute approximate surface area is 133 Å². The first-order valence-electron chi connectivity index (χ1n) is 8.24. The van der Waals surface area contributed by atoms with E-state index in [0.29, 0.717) is 12.2 Å². The van der Waals surface area contributed by atoms with E-state index in [-0.39, 0.29) is 24.0 Å². The Morgan fingerprint density at radius 3 is 2.57 bits per heavy atom. The zero-order valence-corrected chi connectivity index (χ0v) is 13.2. The van der Waals surface area contributed by atoms with Crippen LogP contribution in [0.5, 0.6) is 0 Å². The molecule has 1 aromatic rings. The van der Waals surface area contributed by atoms with Crippen molar-refractivity contribution in [2.45, 2.75) is 63.8 Å². The van der Waals surface area contributed by atoms with Gasteiger partial charge in [-0.2, -0.15) is 13.2 Å². The monoisotopic (exact) mass is 329 g/mol. The number of rotatable bonds is 2. The number of alkyl halides is 3. The van der Waals surface area contributed by atoms with Crippen molar-refractivity contribution in [2.24, 2.45) is 5.92 Å². The molecule has 2 heterocycles. The molecule has 1 saturated carbocycles. The molecule has 4 nitrogen and oxygen atoms in total. The normalized spacial score (nSPS) is 29.1. The van der Waals surface area contributed by atoms with Gasteiger partial charge in [0.15, 0.2) is 0 Å². The van der Waals surface area contributed by atoms with E-state index >= 15 is 0 Å². The number of aromatic nitrogens is 2. The van der Waals surface area contributed by atoms with Crippen LogP contribution in [-0.2, 0) is 6.18 Å². The van der Waals surface area contributed by atoms with Crippen LogP contribution in [0, 0.1) is 12.8 Å². The molecule has 1 aromatic heterocycles. The molecule has 3 atom stereocenters. The van der Waals surface area contributed by atoms with Crippen LogP contribution in [0.3, 0.4) is 0 Å². The fraction of sp³-hybridized carbons (Fsp3) is 0.750. The largest absolute Gasteiger partial charge is 0.433 e. The smallest absolute Gasteiger partial charge is 0.393 e. The lowest BCUT2D eigenvalue weighted by atomic mass is 9.80. The third kappa shape index (κ3) is 3.44. The molecule has 7 heteroatoms. The molecule has 0 unspecified atom stereocenters. The summed E-state index contributed by atoms with van der Waals surface area (Å²) < 4.78 is 39.0. The van der Waals surface area contributed by atoms with Gasteiger partial charge in [0.1, 0.15) is 5.69 Å². The van der Waals surface area contributed by atoms with Crippen LogP contribution in [0.15, 0.2) is 6.07 Å². The van der Waals surface area contributed by atoms with Gasteiger partial charge in [0.2, 0.25) is 5.95 Å². The average Bonchev–Trinajstić information content (AvgIpc) is 2.95. The Morgan fingerprint density at radius 1 is 1.13 bits per heavy atom. The Balaban J connectivity index is 1.89. The number of halogens is 3. The third-order valence-corrected chi connectivity index (χ3v) is 4.96. The van der Waals surface area contributed by atoms with Gasteiger partial charge in [-0.05, 0) is 38.7 Å². The maximum Gasteiger partial charge on any atom is 0.433 e. The molecular weight excluding hydrogens is 307 g/mol. The molecule has 2 fully saturated rings. The van der Waals surface area contributed by atoms with Gasteiger partial charge in [0.25, 0.3) is 0 Å². The number of hydrogen-bond donors (Lipinski definition) is 1. The summed E-state index contributed by atoms with van der Waals surface area (Å²) in [5, 5.41) is 10.3.